The molecule has 2 aliphatic heterocycles. The fourth-order valence-corrected chi connectivity index (χ4v) is 8.14. The monoisotopic (exact) mass is 716 g/mol. The number of hydrogen-bond donors (Lipinski definition) is 1. The van der Waals surface area contributed by atoms with Gasteiger partial charge in [-0.3, -0.25) is 19.4 Å². The molecule has 3 fully saturated rings. The van der Waals surface area contributed by atoms with E-state index in [1.165, 1.54) is 36.6 Å². The van der Waals surface area contributed by atoms with E-state index < -0.39 is 35.0 Å². The molecule has 51 heavy (non-hydrogen) atoms. The van der Waals surface area contributed by atoms with Gasteiger partial charge in [-0.25, -0.2) is 0 Å². The van der Waals surface area contributed by atoms with Crippen LogP contribution in [-0.2, 0) is 29.1 Å². The first kappa shape index (κ1) is 38.3. The number of primary amides is 1. The molecule has 2 saturated heterocycles. The summed E-state index contributed by atoms with van der Waals surface area (Å²) in [7, 11) is 0. The molecule has 1 aliphatic carbocycles. The smallest absolute Gasteiger partial charge is 0.370 e. The van der Waals surface area contributed by atoms with Gasteiger partial charge < -0.3 is 10.6 Å². The second kappa shape index (κ2) is 16.2. The van der Waals surface area contributed by atoms with E-state index in [0.717, 1.165) is 44.6 Å². The number of likely N-dealkylation sites (tertiary alicyclic amines) is 1. The number of hydrogen-bond acceptors (Lipinski definition) is 4. The highest BCUT2D eigenvalue weighted by Crippen LogP contribution is 2.43. The molecule has 0 bridgehead atoms. The van der Waals surface area contributed by atoms with Crippen LogP contribution in [0, 0.1) is 0 Å². The molecule has 3 aliphatic rings. The summed E-state index contributed by atoms with van der Waals surface area (Å²) in [5.41, 5.74) is 3.31. The number of amides is 2. The second-order valence-electron chi connectivity index (χ2n) is 13.9. The van der Waals surface area contributed by atoms with Gasteiger partial charge in [0, 0.05) is 62.8 Å². The van der Waals surface area contributed by atoms with E-state index in [1.54, 1.807) is 0 Å². The number of benzene rings is 3. The normalized spacial score (nSPS) is 21.7. The van der Waals surface area contributed by atoms with Crippen molar-refractivity contribution in [1.82, 2.24) is 14.7 Å². The summed E-state index contributed by atoms with van der Waals surface area (Å²) in [6, 6.07) is 21.3. The summed E-state index contributed by atoms with van der Waals surface area (Å²) in [6.45, 7) is 5.14. The third-order valence-electron chi connectivity index (χ3n) is 10.5. The van der Waals surface area contributed by atoms with Crippen LogP contribution in [0.1, 0.15) is 84.5 Å². The van der Waals surface area contributed by atoms with Gasteiger partial charge >= 0.3 is 12.4 Å². The average Bonchev–Trinajstić information content (AvgIpc) is 3.11. The Labute approximate surface area is 295 Å². The summed E-state index contributed by atoms with van der Waals surface area (Å²) in [6.07, 6.45) is -2.43. The Morgan fingerprint density at radius 3 is 1.82 bits per heavy atom. The van der Waals surface area contributed by atoms with E-state index in [1.807, 2.05) is 30.3 Å². The molecule has 1 saturated carbocycles. The number of rotatable bonds is 6. The first-order chi connectivity index (χ1) is 24.2. The van der Waals surface area contributed by atoms with E-state index >= 15 is 0 Å². The van der Waals surface area contributed by atoms with Crippen molar-refractivity contribution in [2.24, 2.45) is 5.73 Å². The number of alkyl halides is 6. The molecular formula is C39H46F6N4O2. The predicted molar refractivity (Wildman–Crippen MR) is 184 cm³/mol. The first-order valence-corrected chi connectivity index (χ1v) is 17.6. The van der Waals surface area contributed by atoms with Crippen molar-refractivity contribution in [2.45, 2.75) is 88.3 Å². The fourth-order valence-electron chi connectivity index (χ4n) is 8.14. The van der Waals surface area contributed by atoms with Crippen molar-refractivity contribution in [3.63, 3.8) is 0 Å². The van der Waals surface area contributed by atoms with Crippen LogP contribution in [0.4, 0.5) is 26.3 Å². The van der Waals surface area contributed by atoms with Crippen LogP contribution in [0.3, 0.4) is 0 Å². The van der Waals surface area contributed by atoms with Gasteiger partial charge in [0.2, 0.25) is 5.91 Å². The number of halogens is 6. The van der Waals surface area contributed by atoms with Gasteiger partial charge in [0.15, 0.2) is 0 Å². The molecule has 2 N–H and O–H groups in total. The number of carbonyl (C=O) groups excluding carboxylic acids is 2. The van der Waals surface area contributed by atoms with Crippen molar-refractivity contribution in [1.29, 1.82) is 0 Å². The van der Waals surface area contributed by atoms with Gasteiger partial charge in [-0.1, -0.05) is 79.9 Å². The first-order valence-electron chi connectivity index (χ1n) is 17.6. The van der Waals surface area contributed by atoms with Crippen LogP contribution in [-0.4, -0.2) is 71.3 Å². The standard InChI is InChI=1S/C37H41F6N3O.C2H5NO/c38-36(39,40)30-23-28(24-31(25-30)37(41,42)43)34(47)46-17-14-32(26-33(46)22-27-10-4-1-5-11-27)44-18-20-45(21-19-44)35(15-8-3-9-16-35)29-12-6-2-7-13-29;1-2(3)4/h1-2,4-7,10-13,23-25,32-33H,3,8-9,14-22,26H2;1H3,(H2,3,4). The van der Waals surface area contributed by atoms with E-state index in [-0.39, 0.29) is 36.1 Å². The van der Waals surface area contributed by atoms with Crippen LogP contribution in [0.15, 0.2) is 78.9 Å². The molecule has 0 spiro atoms. The summed E-state index contributed by atoms with van der Waals surface area (Å²) >= 11 is 0. The highest BCUT2D eigenvalue weighted by molar-refractivity contribution is 5.95. The van der Waals surface area contributed by atoms with Gasteiger partial charge in [-0.2, -0.15) is 26.3 Å². The zero-order valence-corrected chi connectivity index (χ0v) is 28.9. The lowest BCUT2D eigenvalue weighted by Gasteiger charge is -2.52. The molecule has 2 unspecified atom stereocenters. The lowest BCUT2D eigenvalue weighted by atomic mass is 9.75. The molecular weight excluding hydrogens is 670 g/mol. The van der Waals surface area contributed by atoms with Crippen LogP contribution in [0.5, 0.6) is 0 Å². The molecule has 6 rings (SSSR count). The Balaban J connectivity index is 0.00000120. The number of piperidine rings is 1. The topological polar surface area (TPSA) is 69.9 Å². The molecule has 2 atom stereocenters. The largest absolute Gasteiger partial charge is 0.416 e. The third kappa shape index (κ3) is 9.51. The molecule has 3 aromatic rings. The average molecular weight is 717 g/mol. The SMILES string of the molecule is CC(N)=O.O=C(c1cc(C(F)(F)F)cc(C(F)(F)F)c1)N1CCC(N2CCN(C3(c4ccccc4)CCCCC3)CC2)CC1Cc1ccccc1. The minimum absolute atomic E-state index is 0.0391. The maximum atomic E-state index is 13.8. The van der Waals surface area contributed by atoms with Crippen LogP contribution in [0.2, 0.25) is 0 Å². The quantitative estimate of drug-likeness (QED) is 0.264. The Hall–Kier alpha value is -3.90. The van der Waals surface area contributed by atoms with Gasteiger partial charge in [0.05, 0.1) is 11.1 Å². The Morgan fingerprint density at radius 2 is 1.29 bits per heavy atom. The second-order valence-corrected chi connectivity index (χ2v) is 13.9. The maximum absolute atomic E-state index is 13.8. The molecule has 0 aromatic heterocycles. The zero-order valence-electron chi connectivity index (χ0n) is 28.9. The highest BCUT2D eigenvalue weighted by Gasteiger charge is 2.43. The van der Waals surface area contributed by atoms with Gasteiger partial charge in [-0.15, -0.1) is 0 Å². The van der Waals surface area contributed by atoms with Crippen molar-refractivity contribution in [3.8, 4) is 0 Å². The van der Waals surface area contributed by atoms with E-state index in [4.69, 9.17) is 0 Å². The Bertz CT molecular complexity index is 1570. The van der Waals surface area contributed by atoms with Crippen molar-refractivity contribution >= 4 is 11.8 Å². The molecule has 276 valence electrons. The molecule has 3 aromatic carbocycles. The van der Waals surface area contributed by atoms with E-state index in [0.29, 0.717) is 31.4 Å². The predicted octanol–water partition coefficient (Wildman–Crippen LogP) is 7.91. The fraction of sp³-hybridized carbons (Fsp3) is 0.487. The maximum Gasteiger partial charge on any atom is 0.416 e. The number of carbonyl (C=O) groups is 2. The summed E-state index contributed by atoms with van der Waals surface area (Å²) in [4.78, 5) is 29.7. The number of nitrogens with two attached hydrogens (primary N) is 1. The Morgan fingerprint density at radius 1 is 0.765 bits per heavy atom. The third-order valence-corrected chi connectivity index (χ3v) is 10.5. The number of nitrogens with zero attached hydrogens (tertiary/aromatic N) is 3. The van der Waals surface area contributed by atoms with Crippen molar-refractivity contribution < 1.29 is 35.9 Å². The van der Waals surface area contributed by atoms with Crippen molar-refractivity contribution in [3.05, 3.63) is 107 Å². The molecule has 12 heteroatoms. The lowest BCUT2D eigenvalue weighted by molar-refractivity contribution is -0.143. The molecule has 2 heterocycles. The highest BCUT2D eigenvalue weighted by atomic mass is 19.4. The van der Waals surface area contributed by atoms with Crippen molar-refractivity contribution in [2.75, 3.05) is 32.7 Å². The van der Waals surface area contributed by atoms with E-state index in [9.17, 15) is 35.9 Å². The Kier molecular flexibility index (Phi) is 12.2. The van der Waals surface area contributed by atoms with Crippen LogP contribution in [0.25, 0.3) is 0 Å². The number of piperazine rings is 1. The summed E-state index contributed by atoms with van der Waals surface area (Å²) in [5.74, 6) is -1.13. The van der Waals surface area contributed by atoms with Gasteiger partial charge in [-0.05, 0) is 61.4 Å². The minimum Gasteiger partial charge on any atom is -0.370 e. The summed E-state index contributed by atoms with van der Waals surface area (Å²) < 4.78 is 81.8. The van der Waals surface area contributed by atoms with Gasteiger partial charge in [0.1, 0.15) is 0 Å². The zero-order chi connectivity index (χ0) is 36.8. The molecule has 6 nitrogen and oxygen atoms in total. The lowest BCUT2D eigenvalue weighted by Crippen LogP contribution is -2.60. The van der Waals surface area contributed by atoms with Gasteiger partial charge in [0.25, 0.3) is 5.91 Å². The minimum atomic E-state index is -5.02. The molecule has 0 radical (unpaired) electrons. The molecule has 2 amide bonds. The van der Waals surface area contributed by atoms with Crippen LogP contribution >= 0.6 is 0 Å². The summed E-state index contributed by atoms with van der Waals surface area (Å²) in [5, 5.41) is 0. The van der Waals surface area contributed by atoms with Crippen LogP contribution < -0.4 is 5.73 Å². The van der Waals surface area contributed by atoms with E-state index in [2.05, 4.69) is 45.9 Å².